The molecule has 0 aromatic heterocycles. The lowest BCUT2D eigenvalue weighted by Gasteiger charge is -2.27. The van der Waals surface area contributed by atoms with Crippen LogP contribution >= 0.6 is 0 Å². The van der Waals surface area contributed by atoms with Gasteiger partial charge >= 0.3 is 24.0 Å². The summed E-state index contributed by atoms with van der Waals surface area (Å²) < 4.78 is 110. The minimum atomic E-state index is -6.42. The van der Waals surface area contributed by atoms with Crippen LogP contribution in [0.25, 0.3) is 11.1 Å². The molecule has 12 heteroatoms. The molecule has 0 bridgehead atoms. The van der Waals surface area contributed by atoms with Crippen molar-refractivity contribution in [3.8, 4) is 22.6 Å². The van der Waals surface area contributed by atoms with Gasteiger partial charge in [-0.05, 0) is 66.4 Å². The molecule has 252 valence electrons. The molecule has 0 aliphatic carbocycles. The zero-order valence-electron chi connectivity index (χ0n) is 25.6. The number of rotatable bonds is 18. The van der Waals surface area contributed by atoms with E-state index in [-0.39, 0.29) is 17.4 Å². The number of unbranched alkanes of at least 4 members (excludes halogenated alkanes) is 3. The minimum absolute atomic E-state index is 0.173. The number of alkyl halides is 7. The Hall–Kier alpha value is -3.64. The topological polar surface area (TPSA) is 54.0 Å². The van der Waals surface area contributed by atoms with E-state index in [1.54, 1.807) is 12.1 Å². The van der Waals surface area contributed by atoms with Crippen LogP contribution in [0.4, 0.5) is 30.7 Å². The van der Waals surface area contributed by atoms with Gasteiger partial charge in [0, 0.05) is 0 Å². The summed E-state index contributed by atoms with van der Waals surface area (Å²) in [5.41, 5.74) is 3.18. The highest BCUT2D eigenvalue weighted by atomic mass is 19.4. The molecule has 3 aromatic carbocycles. The Morgan fingerprint density at radius 3 is 1.91 bits per heavy atom. The van der Waals surface area contributed by atoms with Gasteiger partial charge < -0.3 is 18.9 Å². The number of esters is 1. The summed E-state index contributed by atoms with van der Waals surface area (Å²) in [6, 6.07) is 20.5. The van der Waals surface area contributed by atoms with Gasteiger partial charge in [-0.15, -0.1) is 0 Å². The van der Waals surface area contributed by atoms with Crippen LogP contribution in [0.15, 0.2) is 72.8 Å². The van der Waals surface area contributed by atoms with Crippen LogP contribution in [0.2, 0.25) is 0 Å². The molecule has 0 saturated heterocycles. The van der Waals surface area contributed by atoms with Crippen LogP contribution in [-0.2, 0) is 16.1 Å². The Kier molecular flexibility index (Phi) is 13.4. The Morgan fingerprint density at radius 2 is 1.33 bits per heavy atom. The van der Waals surface area contributed by atoms with E-state index < -0.39 is 43.8 Å². The van der Waals surface area contributed by atoms with Gasteiger partial charge in [0.2, 0.25) is 0 Å². The summed E-state index contributed by atoms with van der Waals surface area (Å²) in [4.78, 5) is 12.6. The van der Waals surface area contributed by atoms with Gasteiger partial charge in [-0.2, -0.15) is 30.7 Å². The molecule has 0 heterocycles. The average Bonchev–Trinajstić information content (AvgIpc) is 3.02. The van der Waals surface area contributed by atoms with E-state index in [2.05, 4.69) is 18.6 Å². The molecular weight excluding hydrogens is 621 g/mol. The summed E-state index contributed by atoms with van der Waals surface area (Å²) in [7, 11) is 0. The Bertz CT molecular complexity index is 1340. The highest BCUT2D eigenvalue weighted by Gasteiger charge is 2.72. The maximum absolute atomic E-state index is 13.2. The van der Waals surface area contributed by atoms with Crippen LogP contribution < -0.4 is 9.47 Å². The van der Waals surface area contributed by atoms with Crippen LogP contribution in [0.1, 0.15) is 61.9 Å². The Labute approximate surface area is 263 Å². The van der Waals surface area contributed by atoms with Gasteiger partial charge in [0.25, 0.3) is 0 Å². The minimum Gasteiger partial charge on any atom is -0.491 e. The summed E-state index contributed by atoms with van der Waals surface area (Å²) in [6.45, 7) is 1.60. The third-order valence-corrected chi connectivity index (χ3v) is 7.04. The van der Waals surface area contributed by atoms with Crippen LogP contribution in [0.5, 0.6) is 11.5 Å². The third kappa shape index (κ3) is 10.7. The largest absolute Gasteiger partial charge is 0.491 e. The van der Waals surface area contributed by atoms with Crippen molar-refractivity contribution in [2.45, 2.75) is 76.7 Å². The van der Waals surface area contributed by atoms with E-state index in [0.29, 0.717) is 12.4 Å². The molecule has 0 amide bonds. The van der Waals surface area contributed by atoms with Gasteiger partial charge in [-0.3, -0.25) is 0 Å². The van der Waals surface area contributed by atoms with Gasteiger partial charge in [0.1, 0.15) is 24.7 Å². The van der Waals surface area contributed by atoms with E-state index in [0.717, 1.165) is 23.1 Å². The smallest absolute Gasteiger partial charge is 0.459 e. The molecule has 3 aromatic rings. The van der Waals surface area contributed by atoms with Crippen molar-refractivity contribution in [2.75, 3.05) is 19.8 Å². The van der Waals surface area contributed by atoms with E-state index in [9.17, 15) is 35.5 Å². The SMILES string of the molecule is CCCCCC[C@H](C)OCc1ccc(-c2ccc(OC(=O)c3ccc(OCCOCC(F)(F)C(F)(F)C(F)(F)F)cc3)cc2)cc1. The predicted molar refractivity (Wildman–Crippen MR) is 159 cm³/mol. The van der Waals surface area contributed by atoms with E-state index in [1.807, 2.05) is 36.4 Å². The fourth-order valence-electron chi connectivity index (χ4n) is 4.26. The molecule has 0 fully saturated rings. The van der Waals surface area contributed by atoms with Crippen LogP contribution in [0, 0.1) is 0 Å². The Balaban J connectivity index is 1.41. The molecule has 0 saturated carbocycles. The second-order valence-electron chi connectivity index (χ2n) is 10.8. The zero-order valence-corrected chi connectivity index (χ0v) is 25.6. The molecule has 46 heavy (non-hydrogen) atoms. The first-order valence-electron chi connectivity index (χ1n) is 14.9. The van der Waals surface area contributed by atoms with Crippen molar-refractivity contribution in [1.82, 2.24) is 0 Å². The number of hydrogen-bond acceptors (Lipinski definition) is 5. The molecule has 0 unspecified atom stereocenters. The fourth-order valence-corrected chi connectivity index (χ4v) is 4.26. The first kappa shape index (κ1) is 36.8. The molecular formula is C34H37F7O5. The van der Waals surface area contributed by atoms with Gasteiger partial charge in [0.15, 0.2) is 0 Å². The molecule has 1 atom stereocenters. The highest BCUT2D eigenvalue weighted by molar-refractivity contribution is 5.91. The quantitative estimate of drug-likeness (QED) is 0.0590. The predicted octanol–water partition coefficient (Wildman–Crippen LogP) is 9.68. The molecule has 0 aliphatic rings. The number of carbonyl (C=O) groups excluding carboxylic acids is 1. The lowest BCUT2D eigenvalue weighted by atomic mass is 10.0. The van der Waals surface area contributed by atoms with Gasteiger partial charge in [-0.1, -0.05) is 69.0 Å². The molecule has 0 radical (unpaired) electrons. The van der Waals surface area contributed by atoms with E-state index in [1.165, 1.54) is 49.9 Å². The second-order valence-corrected chi connectivity index (χ2v) is 10.8. The van der Waals surface area contributed by atoms with Crippen molar-refractivity contribution in [2.24, 2.45) is 0 Å². The second kappa shape index (κ2) is 16.8. The van der Waals surface area contributed by atoms with Crippen LogP contribution in [0.3, 0.4) is 0 Å². The standard InChI is InChI=1S/C34H37F7O5/c1-3-4-5-6-7-24(2)45-22-25-8-10-26(11-9-25)27-12-18-30(19-13-27)46-31(42)28-14-16-29(17-15-28)44-21-20-43-23-32(35,36)33(37,38)34(39,40)41/h8-19,24H,3-7,20-23H2,1-2H3/t24-/m0/s1. The normalized spacial score (nSPS) is 13.0. The number of benzene rings is 3. The lowest BCUT2D eigenvalue weighted by Crippen LogP contribution is -2.54. The summed E-state index contributed by atoms with van der Waals surface area (Å²) in [5.74, 6) is -11.8. The fraction of sp³-hybridized carbons (Fsp3) is 0.441. The maximum atomic E-state index is 13.2. The lowest BCUT2D eigenvalue weighted by molar-refractivity contribution is -0.361. The molecule has 0 aliphatic heterocycles. The monoisotopic (exact) mass is 658 g/mol. The van der Waals surface area contributed by atoms with E-state index in [4.69, 9.17) is 14.2 Å². The van der Waals surface area contributed by atoms with Gasteiger partial charge in [0.05, 0.1) is 24.9 Å². The summed E-state index contributed by atoms with van der Waals surface area (Å²) in [5, 5.41) is 0. The third-order valence-electron chi connectivity index (χ3n) is 7.04. The Morgan fingerprint density at radius 1 is 0.739 bits per heavy atom. The first-order chi connectivity index (χ1) is 21.7. The number of hydrogen-bond donors (Lipinski definition) is 0. The highest BCUT2D eigenvalue weighted by Crippen LogP contribution is 2.46. The van der Waals surface area contributed by atoms with Crippen molar-refractivity contribution in [1.29, 1.82) is 0 Å². The van der Waals surface area contributed by atoms with E-state index >= 15 is 0 Å². The molecule has 0 N–H and O–H groups in total. The van der Waals surface area contributed by atoms with Crippen molar-refractivity contribution >= 4 is 5.97 Å². The maximum Gasteiger partial charge on any atom is 0.459 e. The van der Waals surface area contributed by atoms with Gasteiger partial charge in [-0.25, -0.2) is 4.79 Å². The zero-order chi connectivity index (χ0) is 33.8. The summed E-state index contributed by atoms with van der Waals surface area (Å²) in [6.07, 6.45) is -0.295. The summed E-state index contributed by atoms with van der Waals surface area (Å²) >= 11 is 0. The average molecular weight is 659 g/mol. The molecule has 0 spiro atoms. The molecule has 5 nitrogen and oxygen atoms in total. The van der Waals surface area contributed by atoms with Crippen molar-refractivity contribution < 1.29 is 54.5 Å². The number of ether oxygens (including phenoxy) is 4. The number of halogens is 7. The molecule has 3 rings (SSSR count). The van der Waals surface area contributed by atoms with Crippen molar-refractivity contribution in [3.63, 3.8) is 0 Å². The number of carbonyl (C=O) groups is 1. The first-order valence-corrected chi connectivity index (χ1v) is 14.9. The van der Waals surface area contributed by atoms with Crippen LogP contribution in [-0.4, -0.2) is 49.9 Å². The van der Waals surface area contributed by atoms with Crippen molar-refractivity contribution in [3.05, 3.63) is 83.9 Å².